The first-order chi connectivity index (χ1) is 64.7. The molecular weight excluding hydrogens is 1590 g/mol. The molecule has 4 aromatic heterocycles. The van der Waals surface area contributed by atoms with Crippen molar-refractivity contribution in [1.29, 1.82) is 0 Å². The molecule has 0 bridgehead atoms. The second-order valence-corrected chi connectivity index (χ2v) is 34.6. The molecule has 0 fully saturated rings. The van der Waals surface area contributed by atoms with Crippen LogP contribution in [-0.2, 0) is 5.41 Å². The molecule has 612 valence electrons. The van der Waals surface area contributed by atoms with Gasteiger partial charge < -0.3 is 0 Å². The Bertz CT molecular complexity index is 8520. The summed E-state index contributed by atoms with van der Waals surface area (Å²) in [4.78, 5) is 32.6. The summed E-state index contributed by atoms with van der Waals surface area (Å²) in [5, 5.41) is 16.3. The Morgan fingerprint density at radius 1 is 0.160 bits per heavy atom. The zero-order chi connectivity index (χ0) is 87.0. The highest BCUT2D eigenvalue weighted by Gasteiger charge is 2.36. The van der Waals surface area contributed by atoms with Crippen LogP contribution in [0.15, 0.2) is 461 Å². The smallest absolute Gasteiger partial charge is 0.161 e. The molecule has 6 heteroatoms. The van der Waals surface area contributed by atoms with Crippen molar-refractivity contribution in [2.24, 2.45) is 0 Å². The summed E-state index contributed by atoms with van der Waals surface area (Å²) in [6.45, 7) is 4.67. The minimum atomic E-state index is -0.0557. The quantitative estimate of drug-likeness (QED) is 0.107. The molecule has 20 aromatic carbocycles. The van der Waals surface area contributed by atoms with Crippen molar-refractivity contribution in [3.05, 3.63) is 472 Å². The lowest BCUT2D eigenvalue weighted by Gasteiger charge is -2.22. The molecule has 0 amide bonds. The van der Waals surface area contributed by atoms with Crippen molar-refractivity contribution >= 4 is 86.4 Å². The van der Waals surface area contributed by atoms with E-state index in [1.54, 1.807) is 0 Å². The molecule has 131 heavy (non-hydrogen) atoms. The molecule has 0 spiro atoms. The van der Waals surface area contributed by atoms with Crippen LogP contribution in [0.5, 0.6) is 0 Å². The van der Waals surface area contributed by atoms with Gasteiger partial charge in [-0.2, -0.15) is 0 Å². The van der Waals surface area contributed by atoms with Gasteiger partial charge >= 0.3 is 0 Å². The minimum Gasteiger partial charge on any atom is -0.246 e. The van der Waals surface area contributed by atoms with E-state index in [0.29, 0.717) is 11.6 Å². The van der Waals surface area contributed by atoms with Crippen molar-refractivity contribution in [3.63, 3.8) is 0 Å². The average molecular weight is 1670 g/mol. The van der Waals surface area contributed by atoms with E-state index in [1.165, 1.54) is 93.3 Å². The lowest BCUT2D eigenvalue weighted by atomic mass is 9.81. The van der Waals surface area contributed by atoms with Crippen molar-refractivity contribution in [3.8, 4) is 157 Å². The van der Waals surface area contributed by atoms with Crippen LogP contribution in [0.3, 0.4) is 0 Å². The molecule has 0 saturated carbocycles. The van der Waals surface area contributed by atoms with Crippen molar-refractivity contribution in [2.45, 2.75) is 19.3 Å². The third-order valence-electron chi connectivity index (χ3n) is 26.5. The fourth-order valence-corrected chi connectivity index (χ4v) is 20.2. The number of hydrogen-bond donors (Lipinski definition) is 0. The van der Waals surface area contributed by atoms with Gasteiger partial charge in [0.15, 0.2) is 11.6 Å². The topological polar surface area (TPSA) is 77.3 Å². The Kier molecular flexibility index (Phi) is 19.2. The molecular formula is C125H82N6. The van der Waals surface area contributed by atoms with Crippen LogP contribution in [0.2, 0.25) is 0 Å². The van der Waals surface area contributed by atoms with Crippen LogP contribution in [0, 0.1) is 0 Å². The van der Waals surface area contributed by atoms with Gasteiger partial charge in [0.1, 0.15) is 0 Å². The maximum atomic E-state index is 5.58. The van der Waals surface area contributed by atoms with E-state index in [-0.39, 0.29) is 5.41 Å². The minimum absolute atomic E-state index is 0.0557. The Balaban J connectivity index is 0.000000145. The van der Waals surface area contributed by atoms with Gasteiger partial charge in [0, 0.05) is 93.4 Å². The van der Waals surface area contributed by atoms with Gasteiger partial charge in [-0.05, 0) is 152 Å². The van der Waals surface area contributed by atoms with Crippen LogP contribution < -0.4 is 0 Å². The summed E-state index contributed by atoms with van der Waals surface area (Å²) in [6.07, 6.45) is 0. The number of aromatic nitrogens is 6. The standard InChI is InChI=1S/C63H39N3.C62H43N3/c1-3-18-40(19-4-1)48-32-16-34-54-60(48)55-35-17-33-49(62(55)66-61(54)41-20-5-2-6-21-41)42-24-15-25-45(36-42)58-39-59(56-37-43-22-7-9-26-46(43)50-28-11-13-30-52(50)56)65-63(64-58)57-38-44-23-8-10-27-47(44)51-29-12-14-31-53(51)57;1-62(2)54-30-13-12-25-50(54)51-36-35-45(38-55(51)62)40-31-33-42(34-32-40)56-39-57(64-61(63-56)44-21-10-5-11-22-44)47-24-14-23-46(37-47)49-27-16-29-53-58-48(41-17-6-3-7-18-41)26-15-28-52(58)59(65-60(49)53)43-19-8-4-9-20-43/h1-39H;3-39H,1-2H3. The Hall–Kier alpha value is -17.1. The first-order valence-electron chi connectivity index (χ1n) is 44.9. The Morgan fingerprint density at radius 3 is 1.03 bits per heavy atom. The van der Waals surface area contributed by atoms with Gasteiger partial charge in [0.25, 0.3) is 0 Å². The first kappa shape index (κ1) is 77.5. The number of pyridine rings is 2. The van der Waals surface area contributed by atoms with E-state index in [9.17, 15) is 0 Å². The van der Waals surface area contributed by atoms with Crippen molar-refractivity contribution in [1.82, 2.24) is 29.9 Å². The van der Waals surface area contributed by atoms with Crippen LogP contribution >= 0.6 is 0 Å². The van der Waals surface area contributed by atoms with Crippen molar-refractivity contribution < 1.29 is 0 Å². The van der Waals surface area contributed by atoms with E-state index >= 15 is 0 Å². The number of fused-ring (bicyclic) bond motifs is 15. The molecule has 6 nitrogen and oxygen atoms in total. The maximum Gasteiger partial charge on any atom is 0.161 e. The summed E-state index contributed by atoms with van der Waals surface area (Å²) in [5.74, 6) is 1.37. The largest absolute Gasteiger partial charge is 0.246 e. The highest BCUT2D eigenvalue weighted by Crippen LogP contribution is 2.51. The Labute approximate surface area is 759 Å². The normalized spacial score (nSPS) is 12.1. The van der Waals surface area contributed by atoms with Crippen LogP contribution in [0.1, 0.15) is 25.0 Å². The van der Waals surface area contributed by atoms with Crippen LogP contribution in [0.25, 0.3) is 244 Å². The van der Waals surface area contributed by atoms with E-state index in [0.717, 1.165) is 150 Å². The van der Waals surface area contributed by atoms with Crippen molar-refractivity contribution in [2.75, 3.05) is 0 Å². The summed E-state index contributed by atoms with van der Waals surface area (Å²) >= 11 is 0. The maximum absolute atomic E-state index is 5.58. The average Bonchev–Trinajstić information content (AvgIpc) is 1.71. The Morgan fingerprint density at radius 2 is 0.504 bits per heavy atom. The second-order valence-electron chi connectivity index (χ2n) is 34.6. The van der Waals surface area contributed by atoms with Crippen LogP contribution in [0.4, 0.5) is 0 Å². The molecule has 0 saturated heterocycles. The third-order valence-corrected chi connectivity index (χ3v) is 26.5. The molecule has 25 rings (SSSR count). The number of rotatable bonds is 13. The predicted molar refractivity (Wildman–Crippen MR) is 548 cm³/mol. The summed E-state index contributed by atoms with van der Waals surface area (Å²) in [6, 6.07) is 165. The number of para-hydroxylation sites is 2. The second kappa shape index (κ2) is 32.4. The lowest BCUT2D eigenvalue weighted by molar-refractivity contribution is 0.660. The van der Waals surface area contributed by atoms with Gasteiger partial charge in [0.05, 0.1) is 45.2 Å². The van der Waals surface area contributed by atoms with Gasteiger partial charge in [-0.25, -0.2) is 29.9 Å². The third kappa shape index (κ3) is 13.8. The lowest BCUT2D eigenvalue weighted by Crippen LogP contribution is -2.14. The van der Waals surface area contributed by atoms with E-state index in [1.807, 2.05) is 18.2 Å². The van der Waals surface area contributed by atoms with Gasteiger partial charge in [-0.15, -0.1) is 0 Å². The van der Waals surface area contributed by atoms with Gasteiger partial charge in [-0.1, -0.05) is 432 Å². The summed E-state index contributed by atoms with van der Waals surface area (Å²) in [5.41, 5.74) is 32.3. The molecule has 0 N–H and O–H groups in total. The molecule has 0 atom stereocenters. The number of hydrogen-bond acceptors (Lipinski definition) is 6. The van der Waals surface area contributed by atoms with Crippen LogP contribution in [-0.4, -0.2) is 29.9 Å². The number of nitrogens with zero attached hydrogens (tertiary/aromatic N) is 6. The zero-order valence-electron chi connectivity index (χ0n) is 72.1. The highest BCUT2D eigenvalue weighted by molar-refractivity contribution is 6.22. The number of benzene rings is 20. The monoisotopic (exact) mass is 1670 g/mol. The van der Waals surface area contributed by atoms with E-state index in [4.69, 9.17) is 29.9 Å². The fraction of sp³-hybridized carbons (Fsp3) is 0.0240. The summed E-state index contributed by atoms with van der Waals surface area (Å²) < 4.78 is 0. The summed E-state index contributed by atoms with van der Waals surface area (Å²) in [7, 11) is 0. The van der Waals surface area contributed by atoms with Gasteiger partial charge in [-0.3, -0.25) is 0 Å². The first-order valence-corrected chi connectivity index (χ1v) is 44.9. The SMILES string of the molecule is CC1(C)c2ccccc2-c2ccc(-c3ccc(-c4cc(-c5cccc(-c6cccc7c6nc(-c6ccccc6)c6cccc(-c8ccccc8)c67)c5)nc(-c5ccccc5)n4)cc3)cc21.c1ccc(-c2nc3c(-c4cccc(-c5cc(-c6cc7ccccc7c7ccccc67)nc(-c6cc7ccccc7c7ccccc67)n5)c4)cccc3c3c(-c4ccccc4)cccc23)cc1. The molecule has 1 aliphatic rings. The molecule has 0 radical (unpaired) electrons. The van der Waals surface area contributed by atoms with E-state index < -0.39 is 0 Å². The molecule has 24 aromatic rings. The molecule has 0 unspecified atom stereocenters. The molecule has 1 aliphatic carbocycles. The molecule has 4 heterocycles. The van der Waals surface area contributed by atoms with Gasteiger partial charge in [0.2, 0.25) is 0 Å². The zero-order valence-corrected chi connectivity index (χ0v) is 72.1. The van der Waals surface area contributed by atoms with E-state index in [2.05, 4.69) is 457 Å². The molecule has 0 aliphatic heterocycles. The predicted octanol–water partition coefficient (Wildman–Crippen LogP) is 32.9. The fourth-order valence-electron chi connectivity index (χ4n) is 20.2. The highest BCUT2D eigenvalue weighted by atomic mass is 14.9.